The Bertz CT molecular complexity index is 1080. The molecule has 0 fully saturated rings. The fourth-order valence-electron chi connectivity index (χ4n) is 3.05. The highest BCUT2D eigenvalue weighted by atomic mass is 16.5. The molecule has 2 atom stereocenters. The predicted octanol–water partition coefficient (Wildman–Crippen LogP) is 4.27. The topological polar surface area (TPSA) is 90.3 Å². The number of nitrogens with one attached hydrogen (secondary N) is 1. The van der Waals surface area contributed by atoms with E-state index in [0.717, 1.165) is 6.42 Å². The third-order valence-electron chi connectivity index (χ3n) is 5.01. The van der Waals surface area contributed by atoms with E-state index in [1.807, 2.05) is 19.9 Å². The van der Waals surface area contributed by atoms with Gasteiger partial charge in [-0.25, -0.2) is 9.48 Å². The van der Waals surface area contributed by atoms with E-state index in [0.29, 0.717) is 11.4 Å². The van der Waals surface area contributed by atoms with Crippen molar-refractivity contribution in [2.45, 2.75) is 39.3 Å². The lowest BCUT2D eigenvalue weighted by atomic mass is 9.98. The third kappa shape index (κ3) is 5.06. The molecule has 1 aromatic heterocycles. The van der Waals surface area contributed by atoms with Gasteiger partial charge in [-0.2, -0.15) is 5.10 Å². The molecule has 7 heteroatoms. The molecule has 3 aromatic rings. The smallest absolute Gasteiger partial charge is 0.339 e. The number of carbonyl (C=O) groups is 3. The average Bonchev–Trinajstić information content (AvgIpc) is 3.26. The molecule has 0 saturated carbocycles. The van der Waals surface area contributed by atoms with Gasteiger partial charge in [0, 0.05) is 17.2 Å². The minimum atomic E-state index is -1.06. The zero-order chi connectivity index (χ0) is 22.4. The summed E-state index contributed by atoms with van der Waals surface area (Å²) in [6, 6.07) is 16.9. The number of carbonyl (C=O) groups excluding carboxylic acids is 3. The van der Waals surface area contributed by atoms with Crippen LogP contribution in [0.4, 0.5) is 5.82 Å². The highest BCUT2D eigenvalue weighted by molar-refractivity contribution is 6.14. The molecule has 0 aliphatic rings. The number of hydrogen-bond acceptors (Lipinski definition) is 5. The first kappa shape index (κ1) is 22.0. The molecule has 0 aliphatic carbocycles. The van der Waals surface area contributed by atoms with Crippen LogP contribution in [0.2, 0.25) is 0 Å². The van der Waals surface area contributed by atoms with Crippen LogP contribution in [0.15, 0.2) is 66.9 Å². The van der Waals surface area contributed by atoms with Gasteiger partial charge in [0.1, 0.15) is 5.82 Å². The number of benzene rings is 2. The number of esters is 1. The van der Waals surface area contributed by atoms with Crippen molar-refractivity contribution in [3.05, 3.63) is 83.6 Å². The van der Waals surface area contributed by atoms with Crippen LogP contribution in [-0.4, -0.2) is 33.5 Å². The Hall–Kier alpha value is -3.74. The van der Waals surface area contributed by atoms with Crippen molar-refractivity contribution in [1.82, 2.24) is 9.78 Å². The van der Waals surface area contributed by atoms with Gasteiger partial charge in [-0.15, -0.1) is 0 Å². The molecule has 1 heterocycles. The van der Waals surface area contributed by atoms with Crippen LogP contribution in [0.25, 0.3) is 0 Å². The lowest BCUT2D eigenvalue weighted by Gasteiger charge is -2.17. The second kappa shape index (κ2) is 9.84. The summed E-state index contributed by atoms with van der Waals surface area (Å²) in [7, 11) is 0. The number of ketones is 1. The van der Waals surface area contributed by atoms with Crippen LogP contribution in [0.5, 0.6) is 0 Å². The number of rotatable bonds is 8. The summed E-state index contributed by atoms with van der Waals surface area (Å²) in [5, 5.41) is 6.97. The number of aromatic nitrogens is 2. The molecule has 0 radical (unpaired) electrons. The average molecular weight is 419 g/mol. The summed E-state index contributed by atoms with van der Waals surface area (Å²) in [6.07, 6.45) is 1.39. The largest absolute Gasteiger partial charge is 0.449 e. The van der Waals surface area contributed by atoms with Crippen LogP contribution in [0.3, 0.4) is 0 Å². The maximum absolute atomic E-state index is 12.8. The van der Waals surface area contributed by atoms with Crippen molar-refractivity contribution in [3.8, 4) is 0 Å². The van der Waals surface area contributed by atoms with E-state index in [2.05, 4.69) is 10.4 Å². The second-order valence-corrected chi connectivity index (χ2v) is 7.20. The number of nitrogens with zero attached hydrogens (tertiary/aromatic N) is 2. The Morgan fingerprint density at radius 2 is 1.61 bits per heavy atom. The van der Waals surface area contributed by atoms with E-state index in [1.54, 1.807) is 59.4 Å². The molecule has 0 aliphatic heterocycles. The van der Waals surface area contributed by atoms with Gasteiger partial charge in [0.05, 0.1) is 17.8 Å². The Labute approximate surface area is 181 Å². The van der Waals surface area contributed by atoms with E-state index >= 15 is 0 Å². The van der Waals surface area contributed by atoms with Crippen LogP contribution >= 0.6 is 0 Å². The Morgan fingerprint density at radius 3 is 2.29 bits per heavy atom. The molecular weight excluding hydrogens is 394 g/mol. The molecule has 0 spiro atoms. The SMILES string of the molecule is CC[C@H](C)n1nccc1NC(=O)[C@H](C)OC(=O)c1ccccc1C(=O)c1ccccc1. The summed E-state index contributed by atoms with van der Waals surface area (Å²) in [6.45, 7) is 5.50. The van der Waals surface area contributed by atoms with E-state index in [-0.39, 0.29) is 23.0 Å². The monoisotopic (exact) mass is 419 g/mol. The zero-order valence-corrected chi connectivity index (χ0v) is 17.7. The number of anilines is 1. The molecular formula is C24H25N3O4. The molecule has 0 saturated heterocycles. The minimum Gasteiger partial charge on any atom is -0.449 e. The van der Waals surface area contributed by atoms with Crippen LogP contribution in [-0.2, 0) is 9.53 Å². The quantitative estimate of drug-likeness (QED) is 0.435. The van der Waals surface area contributed by atoms with Crippen molar-refractivity contribution in [2.75, 3.05) is 5.32 Å². The van der Waals surface area contributed by atoms with Crippen LogP contribution in [0, 0.1) is 0 Å². The van der Waals surface area contributed by atoms with E-state index in [9.17, 15) is 14.4 Å². The molecule has 1 N–H and O–H groups in total. The second-order valence-electron chi connectivity index (χ2n) is 7.20. The van der Waals surface area contributed by atoms with Crippen molar-refractivity contribution >= 4 is 23.5 Å². The lowest BCUT2D eigenvalue weighted by molar-refractivity contribution is -0.123. The molecule has 1 amide bonds. The standard InChI is InChI=1S/C24H25N3O4/c1-4-16(2)27-21(14-15-25-27)26-23(29)17(3)31-24(30)20-13-9-8-12-19(20)22(28)18-10-6-5-7-11-18/h5-17H,4H2,1-3H3,(H,26,29)/t16-,17-/m0/s1. The van der Waals surface area contributed by atoms with Gasteiger partial charge >= 0.3 is 5.97 Å². The fraction of sp³-hybridized carbons (Fsp3) is 0.250. The molecule has 0 bridgehead atoms. The molecule has 31 heavy (non-hydrogen) atoms. The molecule has 2 aromatic carbocycles. The summed E-state index contributed by atoms with van der Waals surface area (Å²) >= 11 is 0. The predicted molar refractivity (Wildman–Crippen MR) is 117 cm³/mol. The minimum absolute atomic E-state index is 0.110. The van der Waals surface area contributed by atoms with Gasteiger partial charge in [-0.05, 0) is 26.3 Å². The summed E-state index contributed by atoms with van der Waals surface area (Å²) < 4.78 is 7.08. The van der Waals surface area contributed by atoms with E-state index in [4.69, 9.17) is 4.74 Å². The molecule has 3 rings (SSSR count). The maximum atomic E-state index is 12.8. The fourth-order valence-corrected chi connectivity index (χ4v) is 3.05. The highest BCUT2D eigenvalue weighted by Gasteiger charge is 2.24. The van der Waals surface area contributed by atoms with E-state index < -0.39 is 18.0 Å². The summed E-state index contributed by atoms with van der Waals surface area (Å²) in [5.41, 5.74) is 0.800. The maximum Gasteiger partial charge on any atom is 0.339 e. The summed E-state index contributed by atoms with van der Waals surface area (Å²) in [5.74, 6) is -0.979. The van der Waals surface area contributed by atoms with Gasteiger partial charge in [0.2, 0.25) is 0 Å². The Kier molecular flexibility index (Phi) is 6.97. The normalized spacial score (nSPS) is 12.6. The summed E-state index contributed by atoms with van der Waals surface area (Å²) in [4.78, 5) is 38.2. The van der Waals surface area contributed by atoms with Crippen molar-refractivity contribution in [1.29, 1.82) is 0 Å². The van der Waals surface area contributed by atoms with Crippen molar-refractivity contribution < 1.29 is 19.1 Å². The van der Waals surface area contributed by atoms with Gasteiger partial charge in [0.15, 0.2) is 11.9 Å². The van der Waals surface area contributed by atoms with Crippen LogP contribution in [0.1, 0.15) is 59.5 Å². The zero-order valence-electron chi connectivity index (χ0n) is 17.7. The van der Waals surface area contributed by atoms with Crippen LogP contribution < -0.4 is 5.32 Å². The Balaban J connectivity index is 1.73. The first-order chi connectivity index (χ1) is 14.9. The lowest BCUT2D eigenvalue weighted by Crippen LogP contribution is -2.31. The number of hydrogen-bond donors (Lipinski definition) is 1. The van der Waals surface area contributed by atoms with Gasteiger partial charge < -0.3 is 10.1 Å². The highest BCUT2D eigenvalue weighted by Crippen LogP contribution is 2.19. The molecule has 0 unspecified atom stereocenters. The molecule has 7 nitrogen and oxygen atoms in total. The van der Waals surface area contributed by atoms with Crippen molar-refractivity contribution in [2.24, 2.45) is 0 Å². The van der Waals surface area contributed by atoms with Gasteiger partial charge in [-0.1, -0.05) is 55.5 Å². The molecule has 160 valence electrons. The van der Waals surface area contributed by atoms with E-state index in [1.165, 1.54) is 13.0 Å². The first-order valence-corrected chi connectivity index (χ1v) is 10.2. The first-order valence-electron chi connectivity index (χ1n) is 10.2. The number of ether oxygens (including phenoxy) is 1. The Morgan fingerprint density at radius 1 is 0.968 bits per heavy atom. The number of amides is 1. The van der Waals surface area contributed by atoms with Gasteiger partial charge in [0.25, 0.3) is 5.91 Å². The van der Waals surface area contributed by atoms with Crippen molar-refractivity contribution in [3.63, 3.8) is 0 Å². The third-order valence-corrected chi connectivity index (χ3v) is 5.01. The van der Waals surface area contributed by atoms with Gasteiger partial charge in [-0.3, -0.25) is 9.59 Å².